The molecule has 4 heteroatoms. The Morgan fingerprint density at radius 2 is 2.00 bits per heavy atom. The first-order valence-electron chi connectivity index (χ1n) is 6.63. The zero-order chi connectivity index (χ0) is 14.5. The zero-order valence-corrected chi connectivity index (χ0v) is 11.7. The monoisotopic (exact) mass is 273 g/mol. The number of rotatable bonds is 5. The standard InChI is InChI=1S/C16H19NO3/c1-11-8-15(20-12(11)2)16(19)17-14(10-18)9-13-6-4-3-5-7-13/h3-8,14,18H,9-10H2,1-2H3,(H,17,19). The number of nitrogens with one attached hydrogen (secondary N) is 1. The van der Waals surface area contributed by atoms with Crippen LogP contribution < -0.4 is 5.32 Å². The first kappa shape index (κ1) is 14.3. The van der Waals surface area contributed by atoms with Crippen molar-refractivity contribution in [2.24, 2.45) is 0 Å². The Balaban J connectivity index is 2.01. The topological polar surface area (TPSA) is 62.5 Å². The molecule has 2 aromatic rings. The molecular formula is C16H19NO3. The Labute approximate surface area is 118 Å². The van der Waals surface area contributed by atoms with Gasteiger partial charge in [0, 0.05) is 0 Å². The quantitative estimate of drug-likeness (QED) is 0.878. The van der Waals surface area contributed by atoms with E-state index in [1.54, 1.807) is 6.07 Å². The van der Waals surface area contributed by atoms with Crippen molar-refractivity contribution >= 4 is 5.91 Å². The van der Waals surface area contributed by atoms with Gasteiger partial charge in [0.2, 0.25) is 0 Å². The van der Waals surface area contributed by atoms with Gasteiger partial charge in [-0.2, -0.15) is 0 Å². The summed E-state index contributed by atoms with van der Waals surface area (Å²) in [7, 11) is 0. The van der Waals surface area contributed by atoms with Crippen molar-refractivity contribution in [2.45, 2.75) is 26.3 Å². The summed E-state index contributed by atoms with van der Waals surface area (Å²) in [5, 5.41) is 12.2. The van der Waals surface area contributed by atoms with E-state index in [-0.39, 0.29) is 24.3 Å². The fourth-order valence-electron chi connectivity index (χ4n) is 2.00. The number of hydrogen-bond acceptors (Lipinski definition) is 3. The lowest BCUT2D eigenvalue weighted by Gasteiger charge is -2.15. The Bertz CT molecular complexity index is 555. The van der Waals surface area contributed by atoms with Gasteiger partial charge in [-0.1, -0.05) is 30.3 Å². The van der Waals surface area contributed by atoms with Gasteiger partial charge in [-0.05, 0) is 37.5 Å². The summed E-state index contributed by atoms with van der Waals surface area (Å²) in [4.78, 5) is 12.1. The number of aryl methyl sites for hydroxylation is 2. The summed E-state index contributed by atoms with van der Waals surface area (Å²) in [5.74, 6) is 0.724. The van der Waals surface area contributed by atoms with Gasteiger partial charge >= 0.3 is 0 Å². The maximum Gasteiger partial charge on any atom is 0.287 e. The maximum absolute atomic E-state index is 12.1. The van der Waals surface area contributed by atoms with Crippen molar-refractivity contribution in [1.82, 2.24) is 5.32 Å². The number of carbonyl (C=O) groups is 1. The van der Waals surface area contributed by atoms with E-state index in [1.165, 1.54) is 0 Å². The molecule has 0 aliphatic rings. The Hall–Kier alpha value is -2.07. The lowest BCUT2D eigenvalue weighted by Crippen LogP contribution is -2.38. The average Bonchev–Trinajstić information content (AvgIpc) is 2.79. The van der Waals surface area contributed by atoms with Crippen LogP contribution in [0.3, 0.4) is 0 Å². The van der Waals surface area contributed by atoms with Crippen LogP contribution in [-0.2, 0) is 6.42 Å². The van der Waals surface area contributed by atoms with E-state index in [1.807, 2.05) is 44.2 Å². The van der Waals surface area contributed by atoms with E-state index in [0.29, 0.717) is 6.42 Å². The molecule has 20 heavy (non-hydrogen) atoms. The largest absolute Gasteiger partial charge is 0.456 e. The van der Waals surface area contributed by atoms with Crippen molar-refractivity contribution in [3.05, 3.63) is 59.0 Å². The number of furan rings is 1. The van der Waals surface area contributed by atoms with Crippen LogP contribution in [0.15, 0.2) is 40.8 Å². The molecule has 1 aromatic heterocycles. The Morgan fingerprint density at radius 3 is 2.55 bits per heavy atom. The highest BCUT2D eigenvalue weighted by molar-refractivity contribution is 5.92. The fraction of sp³-hybridized carbons (Fsp3) is 0.312. The maximum atomic E-state index is 12.1. The van der Waals surface area contributed by atoms with Crippen LogP contribution in [0.5, 0.6) is 0 Å². The van der Waals surface area contributed by atoms with Crippen molar-refractivity contribution < 1.29 is 14.3 Å². The van der Waals surface area contributed by atoms with Crippen molar-refractivity contribution in [1.29, 1.82) is 0 Å². The first-order chi connectivity index (χ1) is 9.60. The van der Waals surface area contributed by atoms with Gasteiger partial charge in [0.05, 0.1) is 12.6 Å². The average molecular weight is 273 g/mol. The molecule has 2 N–H and O–H groups in total. The minimum absolute atomic E-state index is 0.112. The summed E-state index contributed by atoms with van der Waals surface area (Å²) in [6, 6.07) is 11.1. The lowest BCUT2D eigenvalue weighted by molar-refractivity contribution is 0.0887. The van der Waals surface area contributed by atoms with Crippen molar-refractivity contribution in [3.63, 3.8) is 0 Å². The number of carbonyl (C=O) groups excluding carboxylic acids is 1. The van der Waals surface area contributed by atoms with Crippen LogP contribution in [0.4, 0.5) is 0 Å². The number of amides is 1. The van der Waals surface area contributed by atoms with E-state index in [4.69, 9.17) is 4.42 Å². The highest BCUT2D eigenvalue weighted by Gasteiger charge is 2.17. The van der Waals surface area contributed by atoms with Gasteiger partial charge in [-0.25, -0.2) is 0 Å². The van der Waals surface area contributed by atoms with E-state index >= 15 is 0 Å². The van der Waals surface area contributed by atoms with Crippen LogP contribution in [0.2, 0.25) is 0 Å². The van der Waals surface area contributed by atoms with Crippen molar-refractivity contribution in [2.75, 3.05) is 6.61 Å². The second kappa shape index (κ2) is 6.39. The summed E-state index contributed by atoms with van der Waals surface area (Å²) < 4.78 is 5.38. The highest BCUT2D eigenvalue weighted by Crippen LogP contribution is 2.13. The minimum Gasteiger partial charge on any atom is -0.456 e. The van der Waals surface area contributed by atoms with Gasteiger partial charge < -0.3 is 14.8 Å². The van der Waals surface area contributed by atoms with E-state index in [0.717, 1.165) is 16.9 Å². The molecule has 106 valence electrons. The number of benzene rings is 1. The van der Waals surface area contributed by atoms with Gasteiger partial charge in [0.15, 0.2) is 5.76 Å². The second-order valence-corrected chi connectivity index (χ2v) is 4.89. The molecule has 0 saturated carbocycles. The fourth-order valence-corrected chi connectivity index (χ4v) is 2.00. The van der Waals surface area contributed by atoms with E-state index in [9.17, 15) is 9.90 Å². The van der Waals surface area contributed by atoms with E-state index < -0.39 is 0 Å². The Morgan fingerprint density at radius 1 is 1.30 bits per heavy atom. The molecule has 1 heterocycles. The lowest BCUT2D eigenvalue weighted by atomic mass is 10.1. The van der Waals surface area contributed by atoms with Gasteiger partial charge in [0.25, 0.3) is 5.91 Å². The zero-order valence-electron chi connectivity index (χ0n) is 11.7. The third-order valence-corrected chi connectivity index (χ3v) is 3.27. The Kier molecular flexibility index (Phi) is 4.58. The highest BCUT2D eigenvalue weighted by atomic mass is 16.3. The molecule has 1 unspecified atom stereocenters. The van der Waals surface area contributed by atoms with Crippen LogP contribution in [0.1, 0.15) is 27.4 Å². The summed E-state index contributed by atoms with van der Waals surface area (Å²) in [6.07, 6.45) is 0.585. The normalized spacial score (nSPS) is 12.2. The second-order valence-electron chi connectivity index (χ2n) is 4.89. The molecule has 0 fully saturated rings. The minimum atomic E-state index is -0.324. The van der Waals surface area contributed by atoms with Crippen LogP contribution in [0, 0.1) is 13.8 Å². The predicted molar refractivity (Wildman–Crippen MR) is 76.7 cm³/mol. The SMILES string of the molecule is Cc1cc(C(=O)NC(CO)Cc2ccccc2)oc1C. The predicted octanol–water partition coefficient (Wildman–Crippen LogP) is 2.23. The van der Waals surface area contributed by atoms with Gasteiger partial charge in [-0.3, -0.25) is 4.79 Å². The van der Waals surface area contributed by atoms with Crippen LogP contribution in [-0.4, -0.2) is 23.7 Å². The number of hydrogen-bond donors (Lipinski definition) is 2. The molecule has 0 saturated heterocycles. The molecule has 1 atom stereocenters. The first-order valence-corrected chi connectivity index (χ1v) is 6.63. The third kappa shape index (κ3) is 3.48. The van der Waals surface area contributed by atoms with Crippen molar-refractivity contribution in [3.8, 4) is 0 Å². The van der Waals surface area contributed by atoms with Gasteiger partial charge in [0.1, 0.15) is 5.76 Å². The molecule has 2 rings (SSSR count). The molecule has 0 aliphatic carbocycles. The summed E-state index contributed by atoms with van der Waals surface area (Å²) in [6.45, 7) is 3.60. The molecule has 1 amide bonds. The van der Waals surface area contributed by atoms with E-state index in [2.05, 4.69) is 5.32 Å². The van der Waals surface area contributed by atoms with Crippen LogP contribution in [0.25, 0.3) is 0 Å². The summed E-state index contributed by atoms with van der Waals surface area (Å²) >= 11 is 0. The molecule has 0 bridgehead atoms. The number of aliphatic hydroxyl groups excluding tert-OH is 1. The number of aliphatic hydroxyl groups is 1. The third-order valence-electron chi connectivity index (χ3n) is 3.27. The summed E-state index contributed by atoms with van der Waals surface area (Å²) in [5.41, 5.74) is 2.01. The van der Waals surface area contributed by atoms with Crippen LogP contribution >= 0.6 is 0 Å². The molecule has 0 aliphatic heterocycles. The molecule has 4 nitrogen and oxygen atoms in total. The molecule has 0 radical (unpaired) electrons. The molecule has 0 spiro atoms. The smallest absolute Gasteiger partial charge is 0.287 e. The molecule has 1 aromatic carbocycles. The molecular weight excluding hydrogens is 254 g/mol. The van der Waals surface area contributed by atoms with Gasteiger partial charge in [-0.15, -0.1) is 0 Å².